The molecule has 0 aliphatic carbocycles. The summed E-state index contributed by atoms with van der Waals surface area (Å²) in [4.78, 5) is 4.14. The number of pyridine rings is 1. The Hall–Kier alpha value is 0.0949. The van der Waals surface area contributed by atoms with Gasteiger partial charge in [-0.05, 0) is 65.6 Å². The average Bonchev–Trinajstić information content (AvgIpc) is 2.40. The molecule has 1 aromatic rings. The quantitative estimate of drug-likeness (QED) is 0.568. The van der Waals surface area contributed by atoms with Crippen molar-refractivity contribution >= 4 is 44.4 Å². The predicted molar refractivity (Wildman–Crippen MR) is 75.4 cm³/mol. The van der Waals surface area contributed by atoms with Crippen molar-refractivity contribution in [3.8, 4) is 0 Å². The number of halogens is 2. The lowest BCUT2D eigenvalue weighted by atomic mass is 9.80. The van der Waals surface area contributed by atoms with Gasteiger partial charge in [-0.2, -0.15) is 0 Å². The molecule has 3 nitrogen and oxygen atoms in total. The van der Waals surface area contributed by atoms with Crippen LogP contribution in [0.25, 0.3) is 0 Å². The van der Waals surface area contributed by atoms with Crippen LogP contribution in [0.3, 0.4) is 0 Å². The molecular weight excluding hydrogens is 349 g/mol. The highest BCUT2D eigenvalue weighted by Gasteiger charge is 2.52. The van der Waals surface area contributed by atoms with Gasteiger partial charge in [-0.25, -0.2) is 4.98 Å². The molecule has 1 aliphatic heterocycles. The van der Waals surface area contributed by atoms with Crippen LogP contribution in [0.4, 0.5) is 0 Å². The van der Waals surface area contributed by atoms with Crippen molar-refractivity contribution in [2.24, 2.45) is 0 Å². The van der Waals surface area contributed by atoms with Crippen LogP contribution >= 0.6 is 31.9 Å². The molecule has 2 heterocycles. The fourth-order valence-corrected chi connectivity index (χ4v) is 2.35. The summed E-state index contributed by atoms with van der Waals surface area (Å²) in [6.07, 6.45) is 1.73. The number of aromatic nitrogens is 1. The fourth-order valence-electron chi connectivity index (χ4n) is 1.58. The van der Waals surface area contributed by atoms with Gasteiger partial charge in [-0.3, -0.25) is 0 Å². The van der Waals surface area contributed by atoms with E-state index in [1.807, 2.05) is 33.8 Å². The lowest BCUT2D eigenvalue weighted by Crippen LogP contribution is -2.41. The number of rotatable bonds is 1. The molecule has 6 heteroatoms. The molecule has 0 radical (unpaired) electrons. The van der Waals surface area contributed by atoms with Gasteiger partial charge in [0, 0.05) is 11.7 Å². The Kier molecular flexibility index (Phi) is 3.45. The van der Waals surface area contributed by atoms with Crippen LogP contribution in [0.15, 0.2) is 21.3 Å². The topological polar surface area (TPSA) is 31.4 Å². The molecule has 0 N–H and O–H groups in total. The Bertz CT molecular complexity index is 435. The van der Waals surface area contributed by atoms with Gasteiger partial charge < -0.3 is 9.31 Å². The third-order valence-corrected chi connectivity index (χ3v) is 5.35. The maximum absolute atomic E-state index is 5.99. The van der Waals surface area contributed by atoms with Crippen LogP contribution in [0, 0.1) is 0 Å². The first-order valence-corrected chi connectivity index (χ1v) is 6.99. The average molecular weight is 363 g/mol. The van der Waals surface area contributed by atoms with Gasteiger partial charge in [0.05, 0.1) is 15.7 Å². The van der Waals surface area contributed by atoms with Crippen LogP contribution in [0.5, 0.6) is 0 Å². The lowest BCUT2D eigenvalue weighted by Gasteiger charge is -2.32. The fraction of sp³-hybridized carbons (Fsp3) is 0.545. The van der Waals surface area contributed by atoms with E-state index in [0.29, 0.717) is 0 Å². The van der Waals surface area contributed by atoms with E-state index < -0.39 is 0 Å². The Morgan fingerprint density at radius 1 is 1.12 bits per heavy atom. The molecule has 1 fully saturated rings. The molecule has 1 aromatic heterocycles. The second-order valence-corrected chi connectivity index (χ2v) is 6.64. The van der Waals surface area contributed by atoms with Crippen LogP contribution < -0.4 is 5.46 Å². The molecule has 0 aromatic carbocycles. The molecule has 0 amide bonds. The van der Waals surface area contributed by atoms with Crippen molar-refractivity contribution < 1.29 is 9.31 Å². The smallest absolute Gasteiger partial charge is 0.399 e. The van der Waals surface area contributed by atoms with E-state index in [1.54, 1.807) is 6.20 Å². The first-order valence-electron chi connectivity index (χ1n) is 5.40. The van der Waals surface area contributed by atoms with E-state index in [4.69, 9.17) is 9.31 Å². The maximum atomic E-state index is 5.99. The minimum atomic E-state index is -0.367. The van der Waals surface area contributed by atoms with Crippen LogP contribution in [-0.2, 0) is 9.31 Å². The molecule has 0 unspecified atom stereocenters. The first kappa shape index (κ1) is 13.5. The highest BCUT2D eigenvalue weighted by atomic mass is 79.9. The number of nitrogens with zero attached hydrogens (tertiary/aromatic N) is 1. The van der Waals surface area contributed by atoms with Gasteiger partial charge >= 0.3 is 7.12 Å². The van der Waals surface area contributed by atoms with Gasteiger partial charge in [0.25, 0.3) is 0 Å². The van der Waals surface area contributed by atoms with Crippen LogP contribution in [-0.4, -0.2) is 23.3 Å². The summed E-state index contributed by atoms with van der Waals surface area (Å²) in [7, 11) is -0.367. The first-order chi connectivity index (χ1) is 7.74. The van der Waals surface area contributed by atoms with Crippen molar-refractivity contribution in [2.45, 2.75) is 38.9 Å². The second-order valence-electron chi connectivity index (χ2n) is 5.09. The zero-order valence-electron chi connectivity index (χ0n) is 10.3. The number of hydrogen-bond donors (Lipinski definition) is 0. The molecule has 0 saturated carbocycles. The Morgan fingerprint density at radius 3 is 2.18 bits per heavy atom. The molecule has 1 saturated heterocycles. The second kappa shape index (κ2) is 4.33. The third kappa shape index (κ3) is 2.32. The van der Waals surface area contributed by atoms with Crippen molar-refractivity contribution in [2.75, 3.05) is 0 Å². The molecule has 1 aliphatic rings. The minimum absolute atomic E-state index is 0.327. The summed E-state index contributed by atoms with van der Waals surface area (Å²) in [6, 6.07) is 1.90. The minimum Gasteiger partial charge on any atom is -0.399 e. The third-order valence-electron chi connectivity index (χ3n) is 3.38. The summed E-state index contributed by atoms with van der Waals surface area (Å²) in [5.41, 5.74) is 0.296. The molecule has 0 bridgehead atoms. The maximum Gasteiger partial charge on any atom is 0.496 e. The van der Waals surface area contributed by atoms with E-state index in [1.165, 1.54) is 0 Å². The highest BCUT2D eigenvalue weighted by molar-refractivity contribution is 9.13. The van der Waals surface area contributed by atoms with E-state index in [2.05, 4.69) is 36.8 Å². The van der Waals surface area contributed by atoms with Crippen molar-refractivity contribution in [3.63, 3.8) is 0 Å². The lowest BCUT2D eigenvalue weighted by molar-refractivity contribution is 0.00578. The van der Waals surface area contributed by atoms with E-state index in [-0.39, 0.29) is 18.3 Å². The van der Waals surface area contributed by atoms with Crippen molar-refractivity contribution in [1.29, 1.82) is 0 Å². The molecule has 92 valence electrons. The van der Waals surface area contributed by atoms with E-state index in [9.17, 15) is 0 Å². The summed E-state index contributed by atoms with van der Waals surface area (Å²) in [6.45, 7) is 8.16. The van der Waals surface area contributed by atoms with Crippen LogP contribution in [0.1, 0.15) is 27.7 Å². The molecule has 2 rings (SSSR count). The SMILES string of the molecule is CC1(C)OB(c2ccnc(Br)c2Br)OC1(C)C. The summed E-state index contributed by atoms with van der Waals surface area (Å²) < 4.78 is 13.6. The van der Waals surface area contributed by atoms with E-state index in [0.717, 1.165) is 14.5 Å². The highest BCUT2D eigenvalue weighted by Crippen LogP contribution is 2.37. The molecule has 17 heavy (non-hydrogen) atoms. The van der Waals surface area contributed by atoms with Crippen molar-refractivity contribution in [1.82, 2.24) is 4.98 Å². The van der Waals surface area contributed by atoms with Gasteiger partial charge in [0.2, 0.25) is 0 Å². The predicted octanol–water partition coefficient (Wildman–Crippen LogP) is 2.91. The monoisotopic (exact) mass is 361 g/mol. The zero-order valence-corrected chi connectivity index (χ0v) is 13.4. The standard InChI is InChI=1S/C11H14BBr2NO2/c1-10(2)11(3,4)17-12(16-10)7-5-6-15-9(14)8(7)13/h5-6H,1-4H3. The normalized spacial score (nSPS) is 21.9. The zero-order chi connectivity index (χ0) is 12.8. The molecule has 0 atom stereocenters. The van der Waals surface area contributed by atoms with E-state index >= 15 is 0 Å². The largest absolute Gasteiger partial charge is 0.496 e. The van der Waals surface area contributed by atoms with Gasteiger partial charge in [0.15, 0.2) is 0 Å². The van der Waals surface area contributed by atoms with Crippen molar-refractivity contribution in [3.05, 3.63) is 21.3 Å². The Labute approximate surface area is 119 Å². The van der Waals surface area contributed by atoms with Gasteiger partial charge in [-0.1, -0.05) is 0 Å². The molecule has 0 spiro atoms. The molecular formula is C11H14BBr2NO2. The van der Waals surface area contributed by atoms with Gasteiger partial charge in [0.1, 0.15) is 4.60 Å². The van der Waals surface area contributed by atoms with Crippen LogP contribution in [0.2, 0.25) is 0 Å². The summed E-state index contributed by atoms with van der Waals surface area (Å²) in [5.74, 6) is 0. The Morgan fingerprint density at radius 2 is 1.65 bits per heavy atom. The van der Waals surface area contributed by atoms with Gasteiger partial charge in [-0.15, -0.1) is 0 Å². The summed E-state index contributed by atoms with van der Waals surface area (Å²) in [5, 5.41) is 0. The number of hydrogen-bond acceptors (Lipinski definition) is 3. The Balaban J connectivity index is 2.36. The summed E-state index contributed by atoms with van der Waals surface area (Å²) >= 11 is 6.88.